The fraction of sp³-hybridized carbons (Fsp3) is 1.00. The number of hydrogen-bond donors (Lipinski definition) is 0. The van der Waals surface area contributed by atoms with Gasteiger partial charge in [0, 0.05) is 14.2 Å². The third-order valence-electron chi connectivity index (χ3n) is 0.848. The van der Waals surface area contributed by atoms with Gasteiger partial charge in [-0.15, -0.1) is 11.6 Å². The quantitative estimate of drug-likeness (QED) is 0.531. The molecular formula is C4H8ClF2O4P. The van der Waals surface area contributed by atoms with E-state index in [0.717, 1.165) is 14.2 Å². The Morgan fingerprint density at radius 2 is 1.83 bits per heavy atom. The molecule has 0 fully saturated rings. The van der Waals surface area contributed by atoms with Crippen LogP contribution in [-0.4, -0.2) is 26.2 Å². The largest absolute Gasteiger partial charge is 0.479 e. The van der Waals surface area contributed by atoms with E-state index in [1.54, 1.807) is 0 Å². The van der Waals surface area contributed by atoms with Crippen LogP contribution in [0.25, 0.3) is 0 Å². The molecule has 8 heteroatoms. The van der Waals surface area contributed by atoms with Crippen molar-refractivity contribution in [3.63, 3.8) is 0 Å². The van der Waals surface area contributed by atoms with Crippen molar-refractivity contribution in [2.24, 2.45) is 0 Å². The number of phosphoric acid groups is 1. The van der Waals surface area contributed by atoms with E-state index in [2.05, 4.69) is 13.6 Å². The summed E-state index contributed by atoms with van der Waals surface area (Å²) in [5.74, 6) is -1.12. The van der Waals surface area contributed by atoms with E-state index >= 15 is 0 Å². The van der Waals surface area contributed by atoms with Gasteiger partial charge in [0.25, 0.3) is 0 Å². The molecule has 12 heavy (non-hydrogen) atoms. The van der Waals surface area contributed by atoms with Crippen molar-refractivity contribution < 1.29 is 26.9 Å². The average Bonchev–Trinajstić information content (AvgIpc) is 2.04. The van der Waals surface area contributed by atoms with E-state index in [-0.39, 0.29) is 0 Å². The normalized spacial score (nSPS) is 13.4. The van der Waals surface area contributed by atoms with Gasteiger partial charge in [0.15, 0.2) is 0 Å². The van der Waals surface area contributed by atoms with Crippen molar-refractivity contribution in [1.29, 1.82) is 0 Å². The Kier molecular flexibility index (Phi) is 4.58. The summed E-state index contributed by atoms with van der Waals surface area (Å²) in [6, 6.07) is 0. The molecule has 0 spiro atoms. The molecule has 0 N–H and O–H groups in total. The Morgan fingerprint density at radius 1 is 1.42 bits per heavy atom. The van der Waals surface area contributed by atoms with E-state index in [1.807, 2.05) is 0 Å². The van der Waals surface area contributed by atoms with Gasteiger partial charge in [0.2, 0.25) is 0 Å². The predicted octanol–water partition coefficient (Wildman–Crippen LogP) is 2.24. The van der Waals surface area contributed by atoms with Crippen LogP contribution in [0.1, 0.15) is 0 Å². The molecule has 0 radical (unpaired) electrons. The highest BCUT2D eigenvalue weighted by Crippen LogP contribution is 2.51. The lowest BCUT2D eigenvalue weighted by Crippen LogP contribution is -2.21. The predicted molar refractivity (Wildman–Crippen MR) is 38.4 cm³/mol. The minimum atomic E-state index is -4.15. The number of phosphoric ester groups is 1. The molecule has 0 aliphatic rings. The number of alkyl halides is 3. The zero-order valence-corrected chi connectivity index (χ0v) is 8.07. The lowest BCUT2D eigenvalue weighted by molar-refractivity contribution is -0.169. The molecule has 0 bridgehead atoms. The maximum Gasteiger partial charge on any atom is 0.479 e. The molecule has 74 valence electrons. The lowest BCUT2D eigenvalue weighted by atomic mass is 10.8. The van der Waals surface area contributed by atoms with Crippen LogP contribution < -0.4 is 0 Å². The van der Waals surface area contributed by atoms with Crippen molar-refractivity contribution >= 4 is 19.4 Å². The first-order valence-corrected chi connectivity index (χ1v) is 4.74. The van der Waals surface area contributed by atoms with Crippen LogP contribution in [0.3, 0.4) is 0 Å². The number of halogens is 3. The molecule has 0 amide bonds. The van der Waals surface area contributed by atoms with Gasteiger partial charge in [-0.05, 0) is 0 Å². The first-order valence-electron chi connectivity index (χ1n) is 2.75. The summed E-state index contributed by atoms with van der Waals surface area (Å²) in [6.07, 6.45) is -3.72. The molecule has 0 aromatic heterocycles. The molecule has 0 aliphatic carbocycles. The summed E-state index contributed by atoms with van der Waals surface area (Å²) in [4.78, 5) is 0. The summed E-state index contributed by atoms with van der Waals surface area (Å²) in [6.45, 7) is 0. The van der Waals surface area contributed by atoms with E-state index in [1.165, 1.54) is 0 Å². The fourth-order valence-electron chi connectivity index (χ4n) is 0.337. The molecule has 0 aromatic carbocycles. The van der Waals surface area contributed by atoms with Crippen molar-refractivity contribution in [2.45, 2.75) is 6.11 Å². The third-order valence-corrected chi connectivity index (χ3v) is 2.54. The third kappa shape index (κ3) is 3.78. The first kappa shape index (κ1) is 12.3. The van der Waals surface area contributed by atoms with Crippen LogP contribution in [0.15, 0.2) is 0 Å². The van der Waals surface area contributed by atoms with Crippen molar-refractivity contribution in [2.75, 3.05) is 20.1 Å². The smallest absolute Gasteiger partial charge is 0.290 e. The van der Waals surface area contributed by atoms with Crippen LogP contribution in [0.4, 0.5) is 8.78 Å². The minimum Gasteiger partial charge on any atom is -0.290 e. The van der Waals surface area contributed by atoms with Gasteiger partial charge >= 0.3 is 13.9 Å². The summed E-state index contributed by atoms with van der Waals surface area (Å²) in [5, 5.41) is 0. The highest BCUT2D eigenvalue weighted by Gasteiger charge is 2.40. The number of hydrogen-bond acceptors (Lipinski definition) is 4. The molecule has 0 saturated heterocycles. The maximum absolute atomic E-state index is 12.3. The highest BCUT2D eigenvalue weighted by atomic mass is 35.5. The zero-order chi connectivity index (χ0) is 9.83. The Balaban J connectivity index is 4.31. The van der Waals surface area contributed by atoms with Crippen LogP contribution in [-0.2, 0) is 18.1 Å². The molecule has 0 rings (SSSR count). The Hall–Kier alpha value is 0.260. The highest BCUT2D eigenvalue weighted by molar-refractivity contribution is 7.48. The topological polar surface area (TPSA) is 44.8 Å². The molecule has 0 atom stereocenters. The van der Waals surface area contributed by atoms with Crippen LogP contribution in [0.5, 0.6) is 0 Å². The molecule has 0 saturated carbocycles. The second kappa shape index (κ2) is 4.48. The molecule has 0 unspecified atom stereocenters. The molecule has 0 aromatic rings. The molecule has 0 aliphatic heterocycles. The summed E-state index contributed by atoms with van der Waals surface area (Å²) >= 11 is 4.81. The average molecular weight is 225 g/mol. The summed E-state index contributed by atoms with van der Waals surface area (Å²) < 4.78 is 47.5. The van der Waals surface area contributed by atoms with Crippen molar-refractivity contribution in [1.82, 2.24) is 0 Å². The van der Waals surface area contributed by atoms with Gasteiger partial charge < -0.3 is 0 Å². The summed E-state index contributed by atoms with van der Waals surface area (Å²) in [5.41, 5.74) is 0. The van der Waals surface area contributed by atoms with Crippen LogP contribution in [0.2, 0.25) is 0 Å². The fourth-order valence-corrected chi connectivity index (χ4v) is 1.16. The Morgan fingerprint density at radius 3 is 2.08 bits per heavy atom. The lowest BCUT2D eigenvalue weighted by Gasteiger charge is -2.18. The van der Waals surface area contributed by atoms with Gasteiger partial charge in [-0.2, -0.15) is 8.78 Å². The second-order valence-corrected chi connectivity index (χ2v) is 3.75. The monoisotopic (exact) mass is 224 g/mol. The van der Waals surface area contributed by atoms with Gasteiger partial charge in [-0.1, -0.05) is 0 Å². The van der Waals surface area contributed by atoms with E-state index in [4.69, 9.17) is 11.6 Å². The van der Waals surface area contributed by atoms with Crippen LogP contribution in [0, 0.1) is 0 Å². The van der Waals surface area contributed by atoms with E-state index < -0.39 is 19.8 Å². The van der Waals surface area contributed by atoms with E-state index in [9.17, 15) is 13.3 Å². The molecular weight excluding hydrogens is 216 g/mol. The molecule has 4 nitrogen and oxygen atoms in total. The van der Waals surface area contributed by atoms with Crippen molar-refractivity contribution in [3.8, 4) is 0 Å². The SMILES string of the molecule is COP(=O)(OC)OC(F)(F)CCl. The Labute approximate surface area is 73.4 Å². The van der Waals surface area contributed by atoms with Crippen molar-refractivity contribution in [3.05, 3.63) is 0 Å². The molecule has 0 heterocycles. The first-order chi connectivity index (χ1) is 5.39. The van der Waals surface area contributed by atoms with Gasteiger partial charge in [0.05, 0.1) is 0 Å². The Bertz CT molecular complexity index is 180. The zero-order valence-electron chi connectivity index (χ0n) is 6.42. The van der Waals surface area contributed by atoms with Gasteiger partial charge in [-0.3, -0.25) is 9.05 Å². The van der Waals surface area contributed by atoms with Crippen LogP contribution >= 0.6 is 19.4 Å². The standard InChI is InChI=1S/C4H8ClF2O4P/c1-9-12(8,10-2)11-4(6,7)3-5/h3H2,1-2H3. The number of rotatable bonds is 5. The maximum atomic E-state index is 12.3. The van der Waals surface area contributed by atoms with Gasteiger partial charge in [0.1, 0.15) is 5.88 Å². The van der Waals surface area contributed by atoms with Gasteiger partial charge in [-0.25, -0.2) is 9.09 Å². The van der Waals surface area contributed by atoms with E-state index in [0.29, 0.717) is 0 Å². The minimum absolute atomic E-state index is 0.925. The summed E-state index contributed by atoms with van der Waals surface area (Å²) in [7, 11) is -2.30. The second-order valence-electron chi connectivity index (χ2n) is 1.67.